The molecule has 0 aromatic carbocycles. The number of hydrogen-bond acceptors (Lipinski definition) is 4. The summed E-state index contributed by atoms with van der Waals surface area (Å²) in [5.41, 5.74) is 0.142. The molecule has 4 aliphatic carbocycles. The van der Waals surface area contributed by atoms with Crippen molar-refractivity contribution in [3.05, 3.63) is 12.2 Å². The maximum absolute atomic E-state index is 12.7. The van der Waals surface area contributed by atoms with Gasteiger partial charge in [-0.3, -0.25) is 4.79 Å². The first-order chi connectivity index (χ1) is 11.2. The second kappa shape index (κ2) is 4.27. The van der Waals surface area contributed by atoms with E-state index in [-0.39, 0.29) is 28.6 Å². The van der Waals surface area contributed by atoms with Gasteiger partial charge in [-0.1, -0.05) is 25.5 Å². The van der Waals surface area contributed by atoms with Gasteiger partial charge < -0.3 is 14.9 Å². The molecule has 0 radical (unpaired) electrons. The summed E-state index contributed by atoms with van der Waals surface area (Å²) in [5, 5.41) is 22.4. The Morgan fingerprint density at radius 2 is 1.96 bits per heavy atom. The summed E-state index contributed by atoms with van der Waals surface area (Å²) < 4.78 is 5.82. The SMILES string of the molecule is C=C1C[C@]23C[C@H]1C[C@@H](O)[C@H]2[C@]1(C)CCC[C@@]2(C)C(=O)O[C@@H]([C@H]3O)[C@@H]12. The zero-order chi connectivity index (χ0) is 17.1. The summed E-state index contributed by atoms with van der Waals surface area (Å²) in [6.45, 7) is 8.52. The minimum atomic E-state index is -0.679. The van der Waals surface area contributed by atoms with Crippen LogP contribution in [0.25, 0.3) is 0 Å². The van der Waals surface area contributed by atoms with Gasteiger partial charge in [-0.05, 0) is 56.3 Å². The molecule has 24 heavy (non-hydrogen) atoms. The molecule has 5 rings (SSSR count). The Kier molecular flexibility index (Phi) is 2.74. The molecule has 1 spiro atoms. The monoisotopic (exact) mass is 332 g/mol. The maximum Gasteiger partial charge on any atom is 0.312 e. The van der Waals surface area contributed by atoms with Gasteiger partial charge in [0.25, 0.3) is 0 Å². The average molecular weight is 332 g/mol. The molecule has 0 unspecified atom stereocenters. The van der Waals surface area contributed by atoms with Crippen LogP contribution in [-0.2, 0) is 9.53 Å². The minimum absolute atomic E-state index is 0.0111. The molecule has 4 saturated carbocycles. The van der Waals surface area contributed by atoms with Crippen molar-refractivity contribution in [3.8, 4) is 0 Å². The van der Waals surface area contributed by atoms with E-state index in [1.807, 2.05) is 6.92 Å². The Balaban J connectivity index is 1.72. The lowest BCUT2D eigenvalue weighted by Crippen LogP contribution is -2.68. The van der Waals surface area contributed by atoms with Gasteiger partial charge in [0, 0.05) is 11.3 Å². The number of esters is 1. The molecule has 2 bridgehead atoms. The summed E-state index contributed by atoms with van der Waals surface area (Å²) in [4.78, 5) is 12.7. The molecule has 132 valence electrons. The third kappa shape index (κ3) is 1.44. The first-order valence-electron chi connectivity index (χ1n) is 9.49. The minimum Gasteiger partial charge on any atom is -0.459 e. The molecule has 4 nitrogen and oxygen atoms in total. The van der Waals surface area contributed by atoms with Crippen LogP contribution in [0, 0.1) is 34.0 Å². The lowest BCUT2D eigenvalue weighted by molar-refractivity contribution is -0.244. The number of carbonyl (C=O) groups excluding carboxylic acids is 1. The Bertz CT molecular complexity index is 644. The van der Waals surface area contributed by atoms with Crippen molar-refractivity contribution < 1.29 is 19.7 Å². The van der Waals surface area contributed by atoms with Gasteiger partial charge in [-0.25, -0.2) is 0 Å². The van der Waals surface area contributed by atoms with Crippen LogP contribution in [0.3, 0.4) is 0 Å². The molecule has 1 saturated heterocycles. The molecule has 1 aliphatic heterocycles. The van der Waals surface area contributed by atoms with Crippen molar-refractivity contribution in [2.45, 2.75) is 70.7 Å². The van der Waals surface area contributed by atoms with Gasteiger partial charge in [0.05, 0.1) is 17.6 Å². The number of hydrogen-bond donors (Lipinski definition) is 2. The number of rotatable bonds is 0. The molecule has 4 heteroatoms. The summed E-state index contributed by atoms with van der Waals surface area (Å²) >= 11 is 0. The van der Waals surface area contributed by atoms with Crippen LogP contribution in [0.1, 0.15) is 52.4 Å². The van der Waals surface area contributed by atoms with Crippen LogP contribution in [0.5, 0.6) is 0 Å². The maximum atomic E-state index is 12.7. The topological polar surface area (TPSA) is 66.8 Å². The van der Waals surface area contributed by atoms with E-state index in [1.54, 1.807) is 0 Å². The highest BCUT2D eigenvalue weighted by Crippen LogP contribution is 2.74. The molecule has 5 fully saturated rings. The molecule has 5 aliphatic rings. The standard InChI is InChI=1S/C20H28O4/c1-10-8-20-9-11(10)7-12(21)14(20)18(2)5-4-6-19(3)15(18)13(16(20)22)24-17(19)23/h11-16,21-22H,1,4-9H2,2-3H3/t11-,12-,13-,14+,15+,16-,18+,19-,20+/m1/s1. The fourth-order valence-corrected chi connectivity index (χ4v) is 8.14. The zero-order valence-corrected chi connectivity index (χ0v) is 14.6. The van der Waals surface area contributed by atoms with Gasteiger partial charge in [-0.2, -0.15) is 0 Å². The highest BCUT2D eigenvalue weighted by atomic mass is 16.6. The highest BCUT2D eigenvalue weighted by molar-refractivity contribution is 5.80. The summed E-state index contributed by atoms with van der Waals surface area (Å²) in [7, 11) is 0. The number of allylic oxidation sites excluding steroid dienone is 1. The smallest absolute Gasteiger partial charge is 0.312 e. The van der Waals surface area contributed by atoms with Crippen LogP contribution in [0.2, 0.25) is 0 Å². The highest BCUT2D eigenvalue weighted by Gasteiger charge is 2.76. The Morgan fingerprint density at radius 1 is 1.21 bits per heavy atom. The van der Waals surface area contributed by atoms with Gasteiger partial charge in [0.1, 0.15) is 6.10 Å². The normalized spacial score (nSPS) is 61.3. The van der Waals surface area contributed by atoms with Crippen LogP contribution >= 0.6 is 0 Å². The molecular weight excluding hydrogens is 304 g/mol. The molecule has 0 aromatic heterocycles. The van der Waals surface area contributed by atoms with Crippen LogP contribution in [0.15, 0.2) is 12.2 Å². The van der Waals surface area contributed by atoms with Gasteiger partial charge >= 0.3 is 5.97 Å². The van der Waals surface area contributed by atoms with E-state index >= 15 is 0 Å². The quantitative estimate of drug-likeness (QED) is 0.528. The molecule has 1 heterocycles. The second-order valence-corrected chi connectivity index (χ2v) is 9.82. The van der Waals surface area contributed by atoms with Crippen LogP contribution in [0.4, 0.5) is 0 Å². The third-order valence-corrected chi connectivity index (χ3v) is 8.75. The van der Waals surface area contributed by atoms with Crippen molar-refractivity contribution in [1.82, 2.24) is 0 Å². The fourth-order valence-electron chi connectivity index (χ4n) is 8.14. The van der Waals surface area contributed by atoms with Crippen molar-refractivity contribution in [2.24, 2.45) is 34.0 Å². The van der Waals surface area contributed by atoms with E-state index in [4.69, 9.17) is 4.74 Å². The third-order valence-electron chi connectivity index (χ3n) is 8.75. The van der Waals surface area contributed by atoms with E-state index < -0.39 is 23.7 Å². The van der Waals surface area contributed by atoms with Gasteiger partial charge in [0.2, 0.25) is 0 Å². The Hall–Kier alpha value is -0.870. The van der Waals surface area contributed by atoms with Crippen LogP contribution < -0.4 is 0 Å². The van der Waals surface area contributed by atoms with Gasteiger partial charge in [-0.15, -0.1) is 0 Å². The van der Waals surface area contributed by atoms with Crippen molar-refractivity contribution >= 4 is 5.97 Å². The predicted molar refractivity (Wildman–Crippen MR) is 87.9 cm³/mol. The first kappa shape index (κ1) is 15.4. The summed E-state index contributed by atoms with van der Waals surface area (Å²) in [5.74, 6) is 0.210. The summed E-state index contributed by atoms with van der Waals surface area (Å²) in [6.07, 6.45) is 3.74. The zero-order valence-electron chi connectivity index (χ0n) is 14.6. The van der Waals surface area contributed by atoms with Crippen molar-refractivity contribution in [3.63, 3.8) is 0 Å². The fraction of sp³-hybridized carbons (Fsp3) is 0.850. The number of fused-ring (bicyclic) bond motifs is 2. The van der Waals surface area contributed by atoms with E-state index in [9.17, 15) is 15.0 Å². The molecular formula is C20H28O4. The van der Waals surface area contributed by atoms with Crippen molar-refractivity contribution in [1.29, 1.82) is 0 Å². The summed E-state index contributed by atoms with van der Waals surface area (Å²) in [6, 6.07) is 0. The van der Waals surface area contributed by atoms with E-state index in [0.29, 0.717) is 5.92 Å². The van der Waals surface area contributed by atoms with E-state index in [1.165, 1.54) is 5.57 Å². The van der Waals surface area contributed by atoms with Crippen LogP contribution in [-0.4, -0.2) is 34.5 Å². The number of aliphatic hydroxyl groups excluding tert-OH is 2. The number of carbonyl (C=O) groups is 1. The lowest BCUT2D eigenvalue weighted by Gasteiger charge is -2.64. The average Bonchev–Trinajstić information content (AvgIpc) is 2.91. The Labute approximate surface area is 143 Å². The number of ether oxygens (including phenoxy) is 1. The lowest BCUT2D eigenvalue weighted by atomic mass is 9.39. The van der Waals surface area contributed by atoms with E-state index in [2.05, 4.69) is 13.5 Å². The van der Waals surface area contributed by atoms with Crippen molar-refractivity contribution in [2.75, 3.05) is 0 Å². The second-order valence-electron chi connectivity index (χ2n) is 9.82. The largest absolute Gasteiger partial charge is 0.459 e. The molecule has 0 aromatic rings. The Morgan fingerprint density at radius 3 is 2.71 bits per heavy atom. The van der Waals surface area contributed by atoms with E-state index in [0.717, 1.165) is 38.5 Å². The first-order valence-corrected chi connectivity index (χ1v) is 9.49. The molecule has 0 amide bonds. The predicted octanol–water partition coefficient (Wildman–Crippen LogP) is 2.43. The number of aliphatic hydroxyl groups is 2. The van der Waals surface area contributed by atoms with Gasteiger partial charge in [0.15, 0.2) is 0 Å². The molecule has 2 N–H and O–H groups in total. The molecule has 9 atom stereocenters.